The number of nitrogen functional groups attached to an aromatic ring is 1. The summed E-state index contributed by atoms with van der Waals surface area (Å²) >= 11 is 0. The van der Waals surface area contributed by atoms with E-state index in [0.717, 1.165) is 41.3 Å². The third-order valence-electron chi connectivity index (χ3n) is 3.84. The highest BCUT2D eigenvalue weighted by molar-refractivity contribution is 5.82. The molecule has 1 saturated heterocycles. The van der Waals surface area contributed by atoms with E-state index in [4.69, 9.17) is 10.2 Å². The fourth-order valence-electron chi connectivity index (χ4n) is 2.80. The molecule has 5 nitrogen and oxygen atoms in total. The molecule has 1 aromatic carbocycles. The van der Waals surface area contributed by atoms with Crippen molar-refractivity contribution in [2.24, 2.45) is 0 Å². The minimum Gasteiger partial charge on any atom is -0.454 e. The van der Waals surface area contributed by atoms with Crippen LogP contribution in [0.5, 0.6) is 0 Å². The summed E-state index contributed by atoms with van der Waals surface area (Å²) in [4.78, 5) is 10.9. The van der Waals surface area contributed by atoms with Crippen LogP contribution < -0.4 is 10.6 Å². The molecule has 2 N–H and O–H groups in total. The van der Waals surface area contributed by atoms with Crippen LogP contribution in [0.2, 0.25) is 0 Å². The standard InChI is InChI=1S/C16H16N4O/c17-16-18-12(10-15(19-16)20-7-3-4-8-20)14-9-11-5-1-2-6-13(11)21-14/h1-2,5-6,9-10H,3-4,7-8H2,(H2,17,18,19). The molecule has 1 aliphatic heterocycles. The van der Waals surface area contributed by atoms with Crippen molar-refractivity contribution in [3.63, 3.8) is 0 Å². The average molecular weight is 280 g/mol. The maximum Gasteiger partial charge on any atom is 0.222 e. The van der Waals surface area contributed by atoms with Gasteiger partial charge in [-0.25, -0.2) is 4.98 Å². The van der Waals surface area contributed by atoms with Crippen molar-refractivity contribution in [3.05, 3.63) is 36.4 Å². The monoisotopic (exact) mass is 280 g/mol. The number of para-hydroxylation sites is 1. The summed E-state index contributed by atoms with van der Waals surface area (Å²) in [5.74, 6) is 1.90. The van der Waals surface area contributed by atoms with Crippen LogP contribution in [-0.2, 0) is 0 Å². The molecule has 0 unspecified atom stereocenters. The van der Waals surface area contributed by atoms with Crippen LogP contribution in [0.1, 0.15) is 12.8 Å². The number of nitrogens with two attached hydrogens (primary N) is 1. The van der Waals surface area contributed by atoms with Crippen molar-refractivity contribution in [2.75, 3.05) is 23.7 Å². The van der Waals surface area contributed by atoms with Gasteiger partial charge >= 0.3 is 0 Å². The number of nitrogens with zero attached hydrogens (tertiary/aromatic N) is 3. The maximum absolute atomic E-state index is 5.87. The third kappa shape index (κ3) is 2.20. The predicted molar refractivity (Wildman–Crippen MR) is 83.1 cm³/mol. The Balaban J connectivity index is 1.79. The Kier molecular flexibility index (Phi) is 2.77. The second-order valence-corrected chi connectivity index (χ2v) is 5.31. The smallest absolute Gasteiger partial charge is 0.222 e. The summed E-state index contributed by atoms with van der Waals surface area (Å²) in [5, 5.41) is 1.06. The van der Waals surface area contributed by atoms with Gasteiger partial charge in [0.1, 0.15) is 17.1 Å². The Morgan fingerprint density at radius 3 is 2.67 bits per heavy atom. The number of furan rings is 1. The molecule has 0 spiro atoms. The van der Waals surface area contributed by atoms with Crippen molar-refractivity contribution in [2.45, 2.75) is 12.8 Å². The lowest BCUT2D eigenvalue weighted by molar-refractivity contribution is 0.628. The molecule has 5 heteroatoms. The van der Waals surface area contributed by atoms with E-state index >= 15 is 0 Å². The number of fused-ring (bicyclic) bond motifs is 1. The maximum atomic E-state index is 5.87. The van der Waals surface area contributed by atoms with Crippen LogP contribution in [0.3, 0.4) is 0 Å². The summed E-state index contributed by atoms with van der Waals surface area (Å²) < 4.78 is 5.86. The summed E-state index contributed by atoms with van der Waals surface area (Å²) in [7, 11) is 0. The van der Waals surface area contributed by atoms with Gasteiger partial charge in [-0.15, -0.1) is 0 Å². The highest BCUT2D eigenvalue weighted by atomic mass is 16.3. The summed E-state index contributed by atoms with van der Waals surface area (Å²) in [5.41, 5.74) is 7.46. The van der Waals surface area contributed by atoms with E-state index in [1.165, 1.54) is 12.8 Å². The van der Waals surface area contributed by atoms with Gasteiger partial charge in [0.2, 0.25) is 5.95 Å². The Labute approximate surface area is 122 Å². The van der Waals surface area contributed by atoms with Crippen molar-refractivity contribution < 1.29 is 4.42 Å². The minimum atomic E-state index is 0.287. The van der Waals surface area contributed by atoms with Crippen LogP contribution in [0.4, 0.5) is 11.8 Å². The van der Waals surface area contributed by atoms with E-state index in [9.17, 15) is 0 Å². The average Bonchev–Trinajstić information content (AvgIpc) is 3.16. The van der Waals surface area contributed by atoms with Crippen molar-refractivity contribution in [1.82, 2.24) is 9.97 Å². The topological polar surface area (TPSA) is 68.2 Å². The third-order valence-corrected chi connectivity index (χ3v) is 3.84. The highest BCUT2D eigenvalue weighted by Gasteiger charge is 2.17. The summed E-state index contributed by atoms with van der Waals surface area (Å²) in [6.07, 6.45) is 2.40. The Hall–Kier alpha value is -2.56. The van der Waals surface area contributed by atoms with E-state index in [0.29, 0.717) is 0 Å². The molecule has 106 valence electrons. The fraction of sp³-hybridized carbons (Fsp3) is 0.250. The Bertz CT molecular complexity index is 757. The second-order valence-electron chi connectivity index (χ2n) is 5.31. The zero-order valence-corrected chi connectivity index (χ0v) is 11.6. The van der Waals surface area contributed by atoms with Crippen molar-refractivity contribution >= 4 is 22.7 Å². The van der Waals surface area contributed by atoms with Crippen LogP contribution in [0.25, 0.3) is 22.4 Å². The summed E-state index contributed by atoms with van der Waals surface area (Å²) in [6, 6.07) is 11.9. The molecule has 4 rings (SSSR count). The van der Waals surface area contributed by atoms with Crippen LogP contribution >= 0.6 is 0 Å². The number of rotatable bonds is 2. The molecule has 0 aliphatic carbocycles. The quantitative estimate of drug-likeness (QED) is 0.781. The SMILES string of the molecule is Nc1nc(-c2cc3ccccc3o2)cc(N2CCCC2)n1. The minimum absolute atomic E-state index is 0.287. The molecule has 0 radical (unpaired) electrons. The van der Waals surface area contributed by atoms with E-state index in [1.807, 2.05) is 36.4 Å². The molecule has 0 atom stereocenters. The fourth-order valence-corrected chi connectivity index (χ4v) is 2.80. The first-order valence-corrected chi connectivity index (χ1v) is 7.18. The first kappa shape index (κ1) is 12.2. The lowest BCUT2D eigenvalue weighted by atomic mass is 10.2. The molecule has 3 heterocycles. The normalized spacial score (nSPS) is 15.0. The molecule has 3 aromatic rings. The zero-order valence-electron chi connectivity index (χ0n) is 11.6. The van der Waals surface area contributed by atoms with E-state index in [-0.39, 0.29) is 5.95 Å². The molecule has 21 heavy (non-hydrogen) atoms. The van der Waals surface area contributed by atoms with Gasteiger partial charge in [0.15, 0.2) is 5.76 Å². The number of hydrogen-bond donors (Lipinski definition) is 1. The van der Waals surface area contributed by atoms with E-state index in [1.54, 1.807) is 0 Å². The largest absolute Gasteiger partial charge is 0.454 e. The number of hydrogen-bond acceptors (Lipinski definition) is 5. The van der Waals surface area contributed by atoms with Gasteiger partial charge in [-0.1, -0.05) is 18.2 Å². The van der Waals surface area contributed by atoms with Gasteiger partial charge in [0.25, 0.3) is 0 Å². The lowest BCUT2D eigenvalue weighted by Gasteiger charge is -2.16. The van der Waals surface area contributed by atoms with Gasteiger partial charge < -0.3 is 15.1 Å². The van der Waals surface area contributed by atoms with Gasteiger partial charge in [-0.05, 0) is 25.0 Å². The first-order valence-electron chi connectivity index (χ1n) is 7.18. The number of aromatic nitrogens is 2. The predicted octanol–water partition coefficient (Wildman–Crippen LogP) is 3.07. The Morgan fingerprint density at radius 1 is 1.05 bits per heavy atom. The summed E-state index contributed by atoms with van der Waals surface area (Å²) in [6.45, 7) is 2.05. The highest BCUT2D eigenvalue weighted by Crippen LogP contribution is 2.29. The lowest BCUT2D eigenvalue weighted by Crippen LogP contribution is -2.19. The molecule has 0 amide bonds. The van der Waals surface area contributed by atoms with Crippen LogP contribution in [0, 0.1) is 0 Å². The first-order chi connectivity index (χ1) is 10.3. The van der Waals surface area contributed by atoms with Crippen LogP contribution in [0.15, 0.2) is 40.8 Å². The molecular weight excluding hydrogens is 264 g/mol. The number of anilines is 2. The molecule has 1 fully saturated rings. The molecular formula is C16H16N4O. The molecule has 2 aromatic heterocycles. The van der Waals surface area contributed by atoms with Gasteiger partial charge in [-0.3, -0.25) is 0 Å². The number of benzene rings is 1. The van der Waals surface area contributed by atoms with Gasteiger partial charge in [0, 0.05) is 24.5 Å². The zero-order chi connectivity index (χ0) is 14.2. The van der Waals surface area contributed by atoms with E-state index < -0.39 is 0 Å². The van der Waals surface area contributed by atoms with Gasteiger partial charge in [-0.2, -0.15) is 4.98 Å². The van der Waals surface area contributed by atoms with Crippen LogP contribution in [-0.4, -0.2) is 23.1 Å². The van der Waals surface area contributed by atoms with E-state index in [2.05, 4.69) is 14.9 Å². The Morgan fingerprint density at radius 2 is 1.86 bits per heavy atom. The molecule has 0 bridgehead atoms. The molecule has 0 saturated carbocycles. The van der Waals surface area contributed by atoms with Crippen molar-refractivity contribution in [3.8, 4) is 11.5 Å². The second kappa shape index (κ2) is 4.77. The van der Waals surface area contributed by atoms with Crippen molar-refractivity contribution in [1.29, 1.82) is 0 Å². The molecule has 1 aliphatic rings. The van der Waals surface area contributed by atoms with Gasteiger partial charge in [0.05, 0.1) is 0 Å².